The lowest BCUT2D eigenvalue weighted by molar-refractivity contribution is -0.132. The molecule has 0 aliphatic carbocycles. The van der Waals surface area contributed by atoms with Crippen molar-refractivity contribution >= 4 is 5.91 Å². The van der Waals surface area contributed by atoms with Gasteiger partial charge >= 0.3 is 0 Å². The second-order valence-electron chi connectivity index (χ2n) is 3.37. The summed E-state index contributed by atoms with van der Waals surface area (Å²) in [6.45, 7) is 2.67. The van der Waals surface area contributed by atoms with Crippen LogP contribution in [0.1, 0.15) is 32.6 Å². The third-order valence-electron chi connectivity index (χ3n) is 2.49. The predicted octanol–water partition coefficient (Wildman–Crippen LogP) is 0.770. The van der Waals surface area contributed by atoms with E-state index in [-0.39, 0.29) is 12.5 Å². The van der Waals surface area contributed by atoms with Crippen LogP contribution >= 0.6 is 0 Å². The standard InChI is InChI=1S/C9H17NO2/c1-8(12)10-6-3-2-4-9(10)5-7-11/h9,11H,2-7H2,1H3/t9-/m1/s1. The van der Waals surface area contributed by atoms with Crippen LogP contribution in [0.2, 0.25) is 0 Å². The Balaban J connectivity index is 2.48. The SMILES string of the molecule is CC(=O)N1CCCC[C@@H]1CCO. The van der Waals surface area contributed by atoms with Crippen LogP contribution in [0.4, 0.5) is 0 Å². The molecule has 0 unspecified atom stereocenters. The average Bonchev–Trinajstić information content (AvgIpc) is 2.05. The summed E-state index contributed by atoms with van der Waals surface area (Å²) < 4.78 is 0. The first kappa shape index (κ1) is 9.52. The van der Waals surface area contributed by atoms with Crippen molar-refractivity contribution in [2.24, 2.45) is 0 Å². The number of nitrogens with zero attached hydrogens (tertiary/aromatic N) is 1. The number of likely N-dealkylation sites (tertiary alicyclic amines) is 1. The van der Waals surface area contributed by atoms with E-state index in [1.54, 1.807) is 6.92 Å². The third-order valence-corrected chi connectivity index (χ3v) is 2.49. The highest BCUT2D eigenvalue weighted by Crippen LogP contribution is 2.19. The predicted molar refractivity (Wildman–Crippen MR) is 46.7 cm³/mol. The number of rotatable bonds is 2. The molecule has 1 amide bonds. The van der Waals surface area contributed by atoms with Gasteiger partial charge in [0.05, 0.1) is 0 Å². The van der Waals surface area contributed by atoms with Crippen LogP contribution in [0.15, 0.2) is 0 Å². The molecule has 1 aliphatic heterocycles. The molecule has 1 rings (SSSR count). The third kappa shape index (κ3) is 2.21. The molecule has 70 valence electrons. The zero-order valence-corrected chi connectivity index (χ0v) is 7.62. The number of piperidine rings is 1. The first-order valence-corrected chi connectivity index (χ1v) is 4.63. The van der Waals surface area contributed by atoms with Crippen molar-refractivity contribution in [1.29, 1.82) is 0 Å². The lowest BCUT2D eigenvalue weighted by Crippen LogP contribution is -2.42. The Hall–Kier alpha value is -0.570. The Morgan fingerprint density at radius 1 is 1.58 bits per heavy atom. The van der Waals surface area contributed by atoms with Crippen molar-refractivity contribution in [2.45, 2.75) is 38.6 Å². The van der Waals surface area contributed by atoms with E-state index in [2.05, 4.69) is 0 Å². The molecule has 3 nitrogen and oxygen atoms in total. The van der Waals surface area contributed by atoms with Crippen molar-refractivity contribution in [3.8, 4) is 0 Å². The molecule has 0 bridgehead atoms. The van der Waals surface area contributed by atoms with Crippen molar-refractivity contribution in [3.63, 3.8) is 0 Å². The number of amides is 1. The first-order chi connectivity index (χ1) is 5.75. The first-order valence-electron chi connectivity index (χ1n) is 4.63. The zero-order chi connectivity index (χ0) is 8.97. The zero-order valence-electron chi connectivity index (χ0n) is 7.62. The summed E-state index contributed by atoms with van der Waals surface area (Å²) in [6.07, 6.45) is 4.09. The van der Waals surface area contributed by atoms with Gasteiger partial charge in [0.25, 0.3) is 0 Å². The quantitative estimate of drug-likeness (QED) is 0.666. The summed E-state index contributed by atoms with van der Waals surface area (Å²) in [5.74, 6) is 0.146. The Kier molecular flexibility index (Phi) is 3.53. The molecule has 1 fully saturated rings. The maximum absolute atomic E-state index is 11.1. The molecule has 3 heteroatoms. The Morgan fingerprint density at radius 3 is 2.92 bits per heavy atom. The van der Waals surface area contributed by atoms with Crippen LogP contribution in [0, 0.1) is 0 Å². The molecule has 1 N–H and O–H groups in total. The van der Waals surface area contributed by atoms with Crippen LogP contribution in [-0.4, -0.2) is 35.1 Å². The van der Waals surface area contributed by atoms with Gasteiger partial charge in [-0.2, -0.15) is 0 Å². The molecule has 0 spiro atoms. The number of carbonyl (C=O) groups excluding carboxylic acids is 1. The van der Waals surface area contributed by atoms with Crippen LogP contribution in [0.3, 0.4) is 0 Å². The Labute approximate surface area is 73.4 Å². The molecule has 1 aliphatic rings. The Morgan fingerprint density at radius 2 is 2.33 bits per heavy atom. The molecule has 12 heavy (non-hydrogen) atoms. The molecule has 1 heterocycles. The monoisotopic (exact) mass is 171 g/mol. The molecule has 1 atom stereocenters. The van der Waals surface area contributed by atoms with Gasteiger partial charge < -0.3 is 10.0 Å². The molecule has 0 aromatic rings. The number of carbonyl (C=O) groups is 1. The normalized spacial score (nSPS) is 24.2. The van der Waals surface area contributed by atoms with E-state index >= 15 is 0 Å². The summed E-state index contributed by atoms with van der Waals surface area (Å²) in [4.78, 5) is 13.0. The average molecular weight is 171 g/mol. The van der Waals surface area contributed by atoms with Crippen molar-refractivity contribution in [3.05, 3.63) is 0 Å². The van der Waals surface area contributed by atoms with Gasteiger partial charge in [0, 0.05) is 26.1 Å². The number of hydrogen-bond donors (Lipinski definition) is 1. The van der Waals surface area contributed by atoms with Gasteiger partial charge in [0.15, 0.2) is 0 Å². The highest BCUT2D eigenvalue weighted by Gasteiger charge is 2.23. The fourth-order valence-corrected chi connectivity index (χ4v) is 1.86. The number of hydrogen-bond acceptors (Lipinski definition) is 2. The summed E-state index contributed by atoms with van der Waals surface area (Å²) in [5, 5.41) is 8.78. The minimum absolute atomic E-state index is 0.146. The summed E-state index contributed by atoms with van der Waals surface area (Å²) in [7, 11) is 0. The second kappa shape index (κ2) is 4.45. The van der Waals surface area contributed by atoms with Gasteiger partial charge in [-0.25, -0.2) is 0 Å². The largest absolute Gasteiger partial charge is 0.396 e. The van der Waals surface area contributed by atoms with Gasteiger partial charge in [0.1, 0.15) is 0 Å². The fourth-order valence-electron chi connectivity index (χ4n) is 1.86. The van der Waals surface area contributed by atoms with Crippen LogP contribution < -0.4 is 0 Å². The molecular formula is C9H17NO2. The molecule has 0 saturated carbocycles. The highest BCUT2D eigenvalue weighted by molar-refractivity contribution is 5.73. The number of aliphatic hydroxyl groups is 1. The van der Waals surface area contributed by atoms with Crippen molar-refractivity contribution in [1.82, 2.24) is 4.90 Å². The van der Waals surface area contributed by atoms with Crippen molar-refractivity contribution < 1.29 is 9.90 Å². The van der Waals surface area contributed by atoms with Crippen molar-refractivity contribution in [2.75, 3.05) is 13.2 Å². The van der Waals surface area contributed by atoms with Gasteiger partial charge in [-0.1, -0.05) is 0 Å². The molecule has 0 aromatic heterocycles. The van der Waals surface area contributed by atoms with Crippen LogP contribution in [0.25, 0.3) is 0 Å². The second-order valence-corrected chi connectivity index (χ2v) is 3.37. The van der Waals surface area contributed by atoms with Gasteiger partial charge in [0.2, 0.25) is 5.91 Å². The highest BCUT2D eigenvalue weighted by atomic mass is 16.3. The van der Waals surface area contributed by atoms with E-state index in [9.17, 15) is 4.79 Å². The minimum atomic E-state index is 0.146. The number of aliphatic hydroxyl groups excluding tert-OH is 1. The Bertz CT molecular complexity index is 157. The van der Waals surface area contributed by atoms with E-state index in [0.717, 1.165) is 25.8 Å². The van der Waals surface area contributed by atoms with Crippen LogP contribution in [0.5, 0.6) is 0 Å². The van der Waals surface area contributed by atoms with E-state index in [0.29, 0.717) is 6.04 Å². The molecule has 0 radical (unpaired) electrons. The topological polar surface area (TPSA) is 40.5 Å². The summed E-state index contributed by atoms with van der Waals surface area (Å²) >= 11 is 0. The molecular weight excluding hydrogens is 154 g/mol. The summed E-state index contributed by atoms with van der Waals surface area (Å²) in [6, 6.07) is 0.293. The molecule has 1 saturated heterocycles. The van der Waals surface area contributed by atoms with E-state index in [1.165, 1.54) is 6.42 Å². The molecule has 0 aromatic carbocycles. The van der Waals surface area contributed by atoms with E-state index in [1.807, 2.05) is 4.90 Å². The maximum atomic E-state index is 11.1. The van der Waals surface area contributed by atoms with Gasteiger partial charge in [-0.05, 0) is 25.7 Å². The lowest BCUT2D eigenvalue weighted by Gasteiger charge is -2.34. The minimum Gasteiger partial charge on any atom is -0.396 e. The smallest absolute Gasteiger partial charge is 0.219 e. The fraction of sp³-hybridized carbons (Fsp3) is 0.889. The maximum Gasteiger partial charge on any atom is 0.219 e. The lowest BCUT2D eigenvalue weighted by atomic mass is 10.00. The van der Waals surface area contributed by atoms with E-state index in [4.69, 9.17) is 5.11 Å². The summed E-state index contributed by atoms with van der Waals surface area (Å²) in [5.41, 5.74) is 0. The van der Waals surface area contributed by atoms with Gasteiger partial charge in [-0.15, -0.1) is 0 Å². The van der Waals surface area contributed by atoms with E-state index < -0.39 is 0 Å². The van der Waals surface area contributed by atoms with Gasteiger partial charge in [-0.3, -0.25) is 4.79 Å². The van der Waals surface area contributed by atoms with Crippen LogP contribution in [-0.2, 0) is 4.79 Å².